The van der Waals surface area contributed by atoms with Gasteiger partial charge >= 0.3 is 0 Å². The number of rotatable bonds is 0. The monoisotopic (exact) mass is 175 g/mol. The third kappa shape index (κ3) is 1.24. The minimum Gasteiger partial charge on any atom is -0.508 e. The van der Waals surface area contributed by atoms with E-state index in [0.717, 1.165) is 5.39 Å². The van der Waals surface area contributed by atoms with Crippen LogP contribution in [0.15, 0.2) is 30.3 Å². The number of benzene rings is 2. The molecule has 0 spiro atoms. The molecule has 0 unspecified atom stereocenters. The van der Waals surface area contributed by atoms with Gasteiger partial charge in [0.15, 0.2) is 0 Å². The number of anilines is 1. The Morgan fingerprint density at radius 3 is 2.54 bits per heavy atom. The van der Waals surface area contributed by atoms with Crippen LogP contribution in [0.2, 0.25) is 0 Å². The Hall–Kier alpha value is -1.90. The van der Waals surface area contributed by atoms with Crippen molar-refractivity contribution in [2.24, 2.45) is 0 Å². The molecule has 4 N–H and O–H groups in total. The van der Waals surface area contributed by atoms with Gasteiger partial charge in [-0.1, -0.05) is 0 Å². The van der Waals surface area contributed by atoms with Crippen molar-refractivity contribution >= 4 is 16.5 Å². The van der Waals surface area contributed by atoms with E-state index >= 15 is 0 Å². The lowest BCUT2D eigenvalue weighted by Crippen LogP contribution is -1.84. The first-order valence-electron chi connectivity index (χ1n) is 3.88. The normalized spacial score (nSPS) is 10.5. The number of phenols is 2. The van der Waals surface area contributed by atoms with Crippen molar-refractivity contribution in [1.29, 1.82) is 0 Å². The average molecular weight is 175 g/mol. The molecular formula is C10H9NO2. The molecule has 2 rings (SSSR count). The number of aromatic hydroxyl groups is 2. The lowest BCUT2D eigenvalue weighted by Gasteiger charge is -2.02. The molecule has 0 aliphatic carbocycles. The van der Waals surface area contributed by atoms with E-state index in [9.17, 15) is 10.2 Å². The van der Waals surface area contributed by atoms with Gasteiger partial charge < -0.3 is 15.9 Å². The van der Waals surface area contributed by atoms with Crippen LogP contribution in [-0.4, -0.2) is 10.2 Å². The van der Waals surface area contributed by atoms with Gasteiger partial charge in [0.1, 0.15) is 11.5 Å². The third-order valence-electron chi connectivity index (χ3n) is 1.94. The maximum absolute atomic E-state index is 9.48. The van der Waals surface area contributed by atoms with E-state index in [0.29, 0.717) is 11.1 Å². The number of hydrogen-bond acceptors (Lipinski definition) is 3. The average Bonchev–Trinajstić information content (AvgIpc) is 2.02. The summed E-state index contributed by atoms with van der Waals surface area (Å²) in [6.07, 6.45) is 0. The van der Waals surface area contributed by atoms with Crippen molar-refractivity contribution in [3.8, 4) is 11.5 Å². The second-order valence-corrected chi connectivity index (χ2v) is 2.95. The summed E-state index contributed by atoms with van der Waals surface area (Å²) >= 11 is 0. The lowest BCUT2D eigenvalue weighted by atomic mass is 10.1. The van der Waals surface area contributed by atoms with Gasteiger partial charge in [0, 0.05) is 17.1 Å². The maximum Gasteiger partial charge on any atom is 0.125 e. The second-order valence-electron chi connectivity index (χ2n) is 2.95. The molecule has 3 heteroatoms. The Labute approximate surface area is 75.0 Å². The van der Waals surface area contributed by atoms with Gasteiger partial charge in [0.25, 0.3) is 0 Å². The molecule has 0 amide bonds. The van der Waals surface area contributed by atoms with E-state index in [2.05, 4.69) is 0 Å². The topological polar surface area (TPSA) is 66.5 Å². The molecule has 0 aliphatic heterocycles. The highest BCUT2D eigenvalue weighted by Crippen LogP contribution is 2.29. The number of fused-ring (bicyclic) bond motifs is 1. The summed E-state index contributed by atoms with van der Waals surface area (Å²) in [5.74, 6) is 0.299. The zero-order valence-electron chi connectivity index (χ0n) is 6.86. The molecule has 0 saturated carbocycles. The van der Waals surface area contributed by atoms with Crippen molar-refractivity contribution in [1.82, 2.24) is 0 Å². The highest BCUT2D eigenvalue weighted by Gasteiger charge is 2.01. The summed E-state index contributed by atoms with van der Waals surface area (Å²) in [6.45, 7) is 0. The zero-order valence-corrected chi connectivity index (χ0v) is 6.86. The van der Waals surface area contributed by atoms with Gasteiger partial charge in [-0.25, -0.2) is 0 Å². The molecule has 0 saturated heterocycles. The Balaban J connectivity index is 2.86. The van der Waals surface area contributed by atoms with Gasteiger partial charge in [-0.15, -0.1) is 0 Å². The summed E-state index contributed by atoms with van der Waals surface area (Å²) in [6, 6.07) is 7.93. The van der Waals surface area contributed by atoms with Gasteiger partial charge in [-0.05, 0) is 29.7 Å². The summed E-state index contributed by atoms with van der Waals surface area (Å²) in [7, 11) is 0. The van der Waals surface area contributed by atoms with Crippen LogP contribution in [0.4, 0.5) is 5.69 Å². The molecule has 3 nitrogen and oxygen atoms in total. The minimum absolute atomic E-state index is 0.134. The first-order valence-corrected chi connectivity index (χ1v) is 3.88. The molecule has 66 valence electrons. The van der Waals surface area contributed by atoms with Gasteiger partial charge in [-0.2, -0.15) is 0 Å². The first kappa shape index (κ1) is 7.73. The van der Waals surface area contributed by atoms with Crippen LogP contribution in [0.5, 0.6) is 11.5 Å². The van der Waals surface area contributed by atoms with Crippen molar-refractivity contribution in [2.75, 3.05) is 5.73 Å². The SMILES string of the molecule is Nc1cc(O)c2ccc(O)cc2c1. The Morgan fingerprint density at radius 1 is 1.00 bits per heavy atom. The Kier molecular flexibility index (Phi) is 1.52. The van der Waals surface area contributed by atoms with Crippen molar-refractivity contribution < 1.29 is 10.2 Å². The summed E-state index contributed by atoms with van der Waals surface area (Å²) in [4.78, 5) is 0. The predicted molar refractivity (Wildman–Crippen MR) is 51.7 cm³/mol. The van der Waals surface area contributed by atoms with Crippen molar-refractivity contribution in [3.63, 3.8) is 0 Å². The van der Waals surface area contributed by atoms with E-state index in [1.54, 1.807) is 18.2 Å². The quantitative estimate of drug-likeness (QED) is 0.535. The third-order valence-corrected chi connectivity index (χ3v) is 1.94. The van der Waals surface area contributed by atoms with Crippen molar-refractivity contribution in [3.05, 3.63) is 30.3 Å². The molecule has 0 fully saturated rings. The predicted octanol–water partition coefficient (Wildman–Crippen LogP) is 1.83. The molecule has 0 aromatic heterocycles. The van der Waals surface area contributed by atoms with E-state index < -0.39 is 0 Å². The van der Waals surface area contributed by atoms with Crippen LogP contribution in [0.25, 0.3) is 10.8 Å². The number of phenolic OH excluding ortho intramolecular Hbond substituents is 2. The molecule has 0 aliphatic rings. The van der Waals surface area contributed by atoms with Gasteiger partial charge in [0.2, 0.25) is 0 Å². The largest absolute Gasteiger partial charge is 0.508 e. The highest BCUT2D eigenvalue weighted by atomic mass is 16.3. The second kappa shape index (κ2) is 2.55. The zero-order chi connectivity index (χ0) is 9.42. The molecule has 0 heterocycles. The summed E-state index contributed by atoms with van der Waals surface area (Å²) < 4.78 is 0. The van der Waals surface area contributed by atoms with Crippen LogP contribution >= 0.6 is 0 Å². The van der Waals surface area contributed by atoms with Crippen LogP contribution in [-0.2, 0) is 0 Å². The van der Waals surface area contributed by atoms with Gasteiger partial charge in [-0.3, -0.25) is 0 Å². The van der Waals surface area contributed by atoms with E-state index in [1.165, 1.54) is 12.1 Å². The van der Waals surface area contributed by atoms with E-state index in [4.69, 9.17) is 5.73 Å². The fourth-order valence-corrected chi connectivity index (χ4v) is 1.36. The van der Waals surface area contributed by atoms with E-state index in [-0.39, 0.29) is 11.5 Å². The van der Waals surface area contributed by atoms with Crippen LogP contribution < -0.4 is 5.73 Å². The molecule has 0 bridgehead atoms. The first-order chi connectivity index (χ1) is 6.16. The number of hydrogen-bond donors (Lipinski definition) is 3. The molecule has 13 heavy (non-hydrogen) atoms. The smallest absolute Gasteiger partial charge is 0.125 e. The minimum atomic E-state index is 0.134. The van der Waals surface area contributed by atoms with Crippen molar-refractivity contribution in [2.45, 2.75) is 0 Å². The summed E-state index contributed by atoms with van der Waals surface area (Å²) in [5.41, 5.74) is 6.02. The van der Waals surface area contributed by atoms with E-state index in [1.807, 2.05) is 0 Å². The lowest BCUT2D eigenvalue weighted by molar-refractivity contribution is 0.475. The Bertz CT molecular complexity index is 460. The fourth-order valence-electron chi connectivity index (χ4n) is 1.36. The maximum atomic E-state index is 9.48. The molecule has 2 aromatic rings. The molecule has 2 aromatic carbocycles. The number of nitrogen functional groups attached to an aromatic ring is 1. The number of nitrogens with two attached hydrogens (primary N) is 1. The molecule has 0 atom stereocenters. The fraction of sp³-hybridized carbons (Fsp3) is 0. The standard InChI is InChI=1S/C10H9NO2/c11-7-3-6-4-8(12)1-2-9(6)10(13)5-7/h1-5,12-13H,11H2. The van der Waals surface area contributed by atoms with Gasteiger partial charge in [0.05, 0.1) is 0 Å². The molecule has 0 radical (unpaired) electrons. The summed E-state index contributed by atoms with van der Waals surface area (Å²) in [5, 5.41) is 20.1. The van der Waals surface area contributed by atoms with Crippen LogP contribution in [0.3, 0.4) is 0 Å². The Morgan fingerprint density at radius 2 is 1.77 bits per heavy atom. The molecular weight excluding hydrogens is 166 g/mol. The van der Waals surface area contributed by atoms with Crippen LogP contribution in [0, 0.1) is 0 Å². The highest BCUT2D eigenvalue weighted by molar-refractivity contribution is 5.91. The van der Waals surface area contributed by atoms with Crippen LogP contribution in [0.1, 0.15) is 0 Å².